The molecule has 2 aromatic rings. The molecule has 0 spiro atoms. The lowest BCUT2D eigenvalue weighted by Crippen LogP contribution is -2.01. The van der Waals surface area contributed by atoms with Crippen LogP contribution in [-0.2, 0) is 6.61 Å². The maximum atomic E-state index is 11.0. The molecule has 98 valence electrons. The number of hydrogen-bond donors (Lipinski definition) is 0. The molecule has 0 N–H and O–H groups in total. The summed E-state index contributed by atoms with van der Waals surface area (Å²) >= 11 is 3.42. The van der Waals surface area contributed by atoms with Gasteiger partial charge in [0.1, 0.15) is 6.61 Å². The zero-order valence-electron chi connectivity index (χ0n) is 10.3. The number of nitrogens with zero attached hydrogens (tertiary/aromatic N) is 1. The summed E-state index contributed by atoms with van der Waals surface area (Å²) in [5.41, 5.74) is 1.56. The van der Waals surface area contributed by atoms with E-state index >= 15 is 0 Å². The van der Waals surface area contributed by atoms with Gasteiger partial charge in [0.15, 0.2) is 5.75 Å². The average molecular weight is 322 g/mol. The Morgan fingerprint density at radius 2 is 1.95 bits per heavy atom. The van der Waals surface area contributed by atoms with Gasteiger partial charge in [0.25, 0.3) is 0 Å². The van der Waals surface area contributed by atoms with Crippen molar-refractivity contribution in [3.05, 3.63) is 68.2 Å². The molecule has 0 amide bonds. The molecule has 0 saturated heterocycles. The maximum Gasteiger partial charge on any atom is 0.313 e. The van der Waals surface area contributed by atoms with Crippen molar-refractivity contribution in [1.82, 2.24) is 0 Å². The third kappa shape index (κ3) is 3.12. The molecule has 0 aromatic heterocycles. The molecular weight excluding hydrogens is 310 g/mol. The van der Waals surface area contributed by atoms with Gasteiger partial charge in [-0.3, -0.25) is 10.1 Å². The Hall–Kier alpha value is -1.88. The number of para-hydroxylation sites is 1. The number of rotatable bonds is 4. The van der Waals surface area contributed by atoms with Crippen LogP contribution in [0.4, 0.5) is 5.69 Å². The third-order valence-electron chi connectivity index (χ3n) is 2.72. The van der Waals surface area contributed by atoms with Gasteiger partial charge >= 0.3 is 5.69 Å². The average Bonchev–Trinajstić information content (AvgIpc) is 2.37. The van der Waals surface area contributed by atoms with Gasteiger partial charge in [-0.1, -0.05) is 46.3 Å². The fourth-order valence-corrected chi connectivity index (χ4v) is 2.15. The number of nitro groups is 1. The highest BCUT2D eigenvalue weighted by atomic mass is 79.9. The van der Waals surface area contributed by atoms with Gasteiger partial charge in [0.05, 0.1) is 4.92 Å². The summed E-state index contributed by atoms with van der Waals surface area (Å²) in [5, 5.41) is 11.0. The Morgan fingerprint density at radius 3 is 2.63 bits per heavy atom. The molecule has 0 unspecified atom stereocenters. The number of benzene rings is 2. The third-order valence-corrected chi connectivity index (χ3v) is 3.50. The first-order valence-corrected chi connectivity index (χ1v) is 6.49. The lowest BCUT2D eigenvalue weighted by molar-refractivity contribution is -0.386. The van der Waals surface area contributed by atoms with Crippen LogP contribution in [0.15, 0.2) is 46.9 Å². The van der Waals surface area contributed by atoms with E-state index in [2.05, 4.69) is 15.9 Å². The molecule has 0 aliphatic carbocycles. The van der Waals surface area contributed by atoms with Crippen molar-refractivity contribution in [3.8, 4) is 5.75 Å². The minimum atomic E-state index is -0.412. The summed E-state index contributed by atoms with van der Waals surface area (Å²) in [6, 6.07) is 12.7. The number of aryl methyl sites for hydroxylation is 1. The van der Waals surface area contributed by atoms with Crippen LogP contribution in [0.2, 0.25) is 0 Å². The van der Waals surface area contributed by atoms with E-state index in [0.29, 0.717) is 11.3 Å². The predicted octanol–water partition coefficient (Wildman–Crippen LogP) is 4.24. The van der Waals surface area contributed by atoms with E-state index in [4.69, 9.17) is 4.74 Å². The van der Waals surface area contributed by atoms with E-state index in [9.17, 15) is 10.1 Å². The molecule has 4 nitrogen and oxygen atoms in total. The second-order valence-corrected chi connectivity index (χ2v) is 4.91. The second kappa shape index (κ2) is 5.84. The quantitative estimate of drug-likeness (QED) is 0.625. The van der Waals surface area contributed by atoms with Crippen molar-refractivity contribution >= 4 is 21.6 Å². The molecule has 19 heavy (non-hydrogen) atoms. The molecule has 0 heterocycles. The molecule has 2 rings (SSSR count). The minimum Gasteiger partial charge on any atom is -0.482 e. The van der Waals surface area contributed by atoms with E-state index in [1.807, 2.05) is 24.3 Å². The molecular formula is C14H12BrNO3. The van der Waals surface area contributed by atoms with Crippen LogP contribution >= 0.6 is 15.9 Å². The van der Waals surface area contributed by atoms with Crippen LogP contribution in [0.1, 0.15) is 11.1 Å². The Morgan fingerprint density at radius 1 is 1.21 bits per heavy atom. The summed E-state index contributed by atoms with van der Waals surface area (Å²) in [6.45, 7) is 1.98. The smallest absolute Gasteiger partial charge is 0.313 e. The van der Waals surface area contributed by atoms with Gasteiger partial charge in [0.2, 0.25) is 0 Å². The van der Waals surface area contributed by atoms with E-state index in [1.54, 1.807) is 25.1 Å². The van der Waals surface area contributed by atoms with Crippen molar-refractivity contribution in [1.29, 1.82) is 0 Å². The molecule has 0 bridgehead atoms. The number of ether oxygens (including phenoxy) is 1. The minimum absolute atomic E-state index is 0.0227. The Bertz CT molecular complexity index is 613. The topological polar surface area (TPSA) is 52.4 Å². The summed E-state index contributed by atoms with van der Waals surface area (Å²) in [7, 11) is 0. The fraction of sp³-hybridized carbons (Fsp3) is 0.143. The fourth-order valence-electron chi connectivity index (χ4n) is 1.75. The summed E-state index contributed by atoms with van der Waals surface area (Å²) in [5.74, 6) is 0.292. The van der Waals surface area contributed by atoms with Crippen molar-refractivity contribution < 1.29 is 9.66 Å². The normalized spacial score (nSPS) is 10.2. The van der Waals surface area contributed by atoms with Gasteiger partial charge in [0, 0.05) is 15.6 Å². The van der Waals surface area contributed by atoms with Crippen LogP contribution in [-0.4, -0.2) is 4.92 Å². The molecule has 2 aromatic carbocycles. The first kappa shape index (κ1) is 13.5. The van der Waals surface area contributed by atoms with Crippen molar-refractivity contribution in [3.63, 3.8) is 0 Å². The van der Waals surface area contributed by atoms with Gasteiger partial charge in [-0.25, -0.2) is 0 Å². The first-order valence-electron chi connectivity index (χ1n) is 5.70. The van der Waals surface area contributed by atoms with E-state index < -0.39 is 4.92 Å². The number of nitro benzene ring substituents is 1. The molecule has 0 saturated carbocycles. The van der Waals surface area contributed by atoms with E-state index in [0.717, 1.165) is 10.0 Å². The standard InChI is InChI=1S/C14H12BrNO3/c1-10-5-4-8-13(14(10)16(17)18)19-9-11-6-2-3-7-12(11)15/h2-8H,9H2,1H3. The number of halogens is 1. The van der Waals surface area contributed by atoms with Crippen LogP contribution in [0, 0.1) is 17.0 Å². The van der Waals surface area contributed by atoms with E-state index in [-0.39, 0.29) is 12.3 Å². The van der Waals surface area contributed by atoms with Gasteiger partial charge in [-0.2, -0.15) is 0 Å². The van der Waals surface area contributed by atoms with Gasteiger partial charge in [-0.05, 0) is 19.1 Å². The van der Waals surface area contributed by atoms with Crippen molar-refractivity contribution in [2.24, 2.45) is 0 Å². The van der Waals surface area contributed by atoms with Crippen molar-refractivity contribution in [2.45, 2.75) is 13.5 Å². The van der Waals surface area contributed by atoms with Gasteiger partial charge in [-0.15, -0.1) is 0 Å². The highest BCUT2D eigenvalue weighted by Crippen LogP contribution is 2.31. The molecule has 0 aliphatic heterocycles. The summed E-state index contributed by atoms with van der Waals surface area (Å²) in [4.78, 5) is 10.6. The van der Waals surface area contributed by atoms with Crippen LogP contribution in [0.3, 0.4) is 0 Å². The summed E-state index contributed by atoms with van der Waals surface area (Å²) in [6.07, 6.45) is 0. The SMILES string of the molecule is Cc1cccc(OCc2ccccc2Br)c1[N+](=O)[O-]. The summed E-state index contributed by atoms with van der Waals surface area (Å²) < 4.78 is 6.50. The van der Waals surface area contributed by atoms with Gasteiger partial charge < -0.3 is 4.74 Å². The number of hydrogen-bond acceptors (Lipinski definition) is 3. The Kier molecular flexibility index (Phi) is 4.16. The van der Waals surface area contributed by atoms with Crippen molar-refractivity contribution in [2.75, 3.05) is 0 Å². The Labute approximate surface area is 119 Å². The van der Waals surface area contributed by atoms with E-state index in [1.165, 1.54) is 0 Å². The lowest BCUT2D eigenvalue weighted by atomic mass is 10.2. The maximum absolute atomic E-state index is 11.0. The predicted molar refractivity (Wildman–Crippen MR) is 76.3 cm³/mol. The highest BCUT2D eigenvalue weighted by molar-refractivity contribution is 9.10. The largest absolute Gasteiger partial charge is 0.482 e. The highest BCUT2D eigenvalue weighted by Gasteiger charge is 2.18. The molecule has 0 radical (unpaired) electrons. The zero-order valence-corrected chi connectivity index (χ0v) is 11.9. The first-order chi connectivity index (χ1) is 9.09. The Balaban J connectivity index is 2.23. The van der Waals surface area contributed by atoms with Crippen LogP contribution < -0.4 is 4.74 Å². The lowest BCUT2D eigenvalue weighted by Gasteiger charge is -2.09. The zero-order chi connectivity index (χ0) is 13.8. The molecule has 0 fully saturated rings. The van der Waals surface area contributed by atoms with Crippen LogP contribution in [0.25, 0.3) is 0 Å². The molecule has 0 atom stereocenters. The second-order valence-electron chi connectivity index (χ2n) is 4.06. The monoisotopic (exact) mass is 321 g/mol. The molecule has 0 aliphatic rings. The molecule has 5 heteroatoms. The van der Waals surface area contributed by atoms with Crippen LogP contribution in [0.5, 0.6) is 5.75 Å².